The van der Waals surface area contributed by atoms with Gasteiger partial charge in [-0.05, 0) is 12.8 Å². The first-order chi connectivity index (χ1) is 11.7. The molecule has 0 radical (unpaired) electrons. The van der Waals surface area contributed by atoms with Crippen molar-refractivity contribution >= 4 is 0 Å². The number of fused-ring (bicyclic) bond motifs is 1. The summed E-state index contributed by atoms with van der Waals surface area (Å²) in [5.74, 6) is -0.445. The second-order valence-corrected chi connectivity index (χ2v) is 5.51. The highest BCUT2D eigenvalue weighted by atomic mass is 14.9. The van der Waals surface area contributed by atoms with Gasteiger partial charge in [0, 0.05) is 11.8 Å². The van der Waals surface area contributed by atoms with E-state index in [4.69, 9.17) is 21.0 Å². The molecule has 0 amide bonds. The van der Waals surface area contributed by atoms with Crippen molar-refractivity contribution < 1.29 is 0 Å². The third kappa shape index (κ3) is 1.63. The molecule has 3 aliphatic rings. The van der Waals surface area contributed by atoms with Gasteiger partial charge in [-0.3, -0.25) is 0 Å². The molecule has 0 atom stereocenters. The van der Waals surface area contributed by atoms with Crippen LogP contribution in [0.15, 0.2) is 0 Å². The van der Waals surface area contributed by atoms with E-state index in [9.17, 15) is 0 Å². The number of hydrogen-bond donors (Lipinski definition) is 0. The van der Waals surface area contributed by atoms with Gasteiger partial charge < -0.3 is 0 Å². The smallest absolute Gasteiger partial charge is 0.177 e. The van der Waals surface area contributed by atoms with Crippen LogP contribution in [0.5, 0.6) is 0 Å². The van der Waals surface area contributed by atoms with Crippen molar-refractivity contribution in [2.75, 3.05) is 0 Å². The topological polar surface area (TPSA) is 147 Å². The molecule has 8 heteroatoms. The number of nitrogens with zero attached hydrogens (tertiary/aromatic N) is 8. The molecule has 2 heterocycles. The molecule has 3 aliphatic carbocycles. The summed E-state index contributed by atoms with van der Waals surface area (Å²) in [6.45, 7) is 0. The van der Waals surface area contributed by atoms with Gasteiger partial charge in [0.05, 0.1) is 22.8 Å². The molecule has 0 aromatic carbocycles. The van der Waals surface area contributed by atoms with Crippen molar-refractivity contribution in [1.82, 2.24) is 19.9 Å². The Morgan fingerprint density at radius 1 is 0.542 bits per heavy atom. The molecule has 24 heavy (non-hydrogen) atoms. The van der Waals surface area contributed by atoms with Gasteiger partial charge in [-0.15, -0.1) is 0 Å². The number of rotatable bonds is 0. The lowest BCUT2D eigenvalue weighted by atomic mass is 9.71. The lowest BCUT2D eigenvalue weighted by Gasteiger charge is -2.36. The normalized spacial score (nSPS) is 19.2. The van der Waals surface area contributed by atoms with Gasteiger partial charge in [0.2, 0.25) is 0 Å². The molecule has 2 bridgehead atoms. The molecule has 0 aliphatic heterocycles. The number of hydrogen-bond acceptors (Lipinski definition) is 8. The lowest BCUT2D eigenvalue weighted by molar-refractivity contribution is 0.470. The third-order valence-electron chi connectivity index (χ3n) is 4.39. The summed E-state index contributed by atoms with van der Waals surface area (Å²) in [6, 6.07) is 7.57. The van der Waals surface area contributed by atoms with Gasteiger partial charge in [-0.25, -0.2) is 19.9 Å². The van der Waals surface area contributed by atoms with Crippen LogP contribution in [0.4, 0.5) is 0 Å². The van der Waals surface area contributed by atoms with Gasteiger partial charge in [0.15, 0.2) is 22.8 Å². The molecular formula is C16H6N8. The Morgan fingerprint density at radius 2 is 0.792 bits per heavy atom. The zero-order chi connectivity index (χ0) is 16.8. The maximum atomic E-state index is 9.16. The molecule has 0 saturated carbocycles. The Balaban J connectivity index is 2.00. The molecular weight excluding hydrogens is 304 g/mol. The second-order valence-electron chi connectivity index (χ2n) is 5.51. The van der Waals surface area contributed by atoms with Crippen LogP contribution in [0.1, 0.15) is 70.2 Å². The van der Waals surface area contributed by atoms with E-state index in [0.717, 1.165) is 12.8 Å². The van der Waals surface area contributed by atoms with Crippen molar-refractivity contribution in [2.24, 2.45) is 0 Å². The quantitative estimate of drug-likeness (QED) is 0.703. The van der Waals surface area contributed by atoms with Crippen LogP contribution in [0.3, 0.4) is 0 Å². The SMILES string of the molecule is N#Cc1nc2c(nc1C#N)C1CCC2c2nc(C#N)c(C#N)nc21. The van der Waals surface area contributed by atoms with Gasteiger partial charge in [0.25, 0.3) is 0 Å². The molecule has 8 nitrogen and oxygen atoms in total. The summed E-state index contributed by atoms with van der Waals surface area (Å²) in [5.41, 5.74) is 2.46. The maximum Gasteiger partial charge on any atom is 0.177 e. The van der Waals surface area contributed by atoms with E-state index >= 15 is 0 Å². The largest absolute Gasteiger partial charge is 0.237 e. The molecule has 2 aromatic rings. The summed E-state index contributed by atoms with van der Waals surface area (Å²) in [6.07, 6.45) is 1.50. The fourth-order valence-electron chi connectivity index (χ4n) is 3.40. The molecule has 5 rings (SSSR count). The highest BCUT2D eigenvalue weighted by Gasteiger charge is 2.43. The van der Waals surface area contributed by atoms with Gasteiger partial charge in [0.1, 0.15) is 24.3 Å². The number of aromatic nitrogens is 4. The monoisotopic (exact) mass is 310 g/mol. The van der Waals surface area contributed by atoms with Crippen molar-refractivity contribution in [1.29, 1.82) is 21.0 Å². The van der Waals surface area contributed by atoms with Gasteiger partial charge >= 0.3 is 0 Å². The van der Waals surface area contributed by atoms with Gasteiger partial charge in [-0.1, -0.05) is 0 Å². The minimum absolute atomic E-state index is 0.00698. The van der Waals surface area contributed by atoms with E-state index in [1.807, 2.05) is 24.3 Å². The third-order valence-corrected chi connectivity index (χ3v) is 4.39. The first-order valence-electron chi connectivity index (χ1n) is 7.15. The van der Waals surface area contributed by atoms with Crippen LogP contribution in [0, 0.1) is 45.3 Å². The molecule has 0 unspecified atom stereocenters. The first kappa shape index (κ1) is 13.8. The minimum atomic E-state index is -0.223. The molecule has 0 spiro atoms. The molecule has 0 saturated heterocycles. The van der Waals surface area contributed by atoms with E-state index in [1.54, 1.807) is 0 Å². The Hall–Kier alpha value is -3.88. The van der Waals surface area contributed by atoms with E-state index in [-0.39, 0.29) is 34.6 Å². The maximum absolute atomic E-state index is 9.16. The summed E-state index contributed by atoms with van der Waals surface area (Å²) in [7, 11) is 0. The zero-order valence-corrected chi connectivity index (χ0v) is 12.1. The highest BCUT2D eigenvalue weighted by molar-refractivity contribution is 5.51. The second kappa shape index (κ2) is 4.81. The summed E-state index contributed by atoms with van der Waals surface area (Å²) >= 11 is 0. The Kier molecular flexibility index (Phi) is 2.76. The molecule has 0 N–H and O–H groups in total. The van der Waals surface area contributed by atoms with Crippen molar-refractivity contribution in [2.45, 2.75) is 24.7 Å². The summed E-state index contributed by atoms with van der Waals surface area (Å²) < 4.78 is 0. The van der Waals surface area contributed by atoms with Crippen LogP contribution in [0.25, 0.3) is 0 Å². The molecule has 110 valence electrons. The summed E-state index contributed by atoms with van der Waals surface area (Å²) in [4.78, 5) is 17.3. The Morgan fingerprint density at radius 3 is 1.00 bits per heavy atom. The summed E-state index contributed by atoms with van der Waals surface area (Å²) in [5, 5.41) is 36.6. The fourth-order valence-corrected chi connectivity index (χ4v) is 3.40. The van der Waals surface area contributed by atoms with Crippen LogP contribution < -0.4 is 0 Å². The molecule has 0 fully saturated rings. The zero-order valence-electron chi connectivity index (χ0n) is 12.1. The van der Waals surface area contributed by atoms with Crippen LogP contribution >= 0.6 is 0 Å². The lowest BCUT2D eigenvalue weighted by Crippen LogP contribution is -2.30. The highest BCUT2D eigenvalue weighted by Crippen LogP contribution is 2.50. The van der Waals surface area contributed by atoms with E-state index in [2.05, 4.69) is 19.9 Å². The van der Waals surface area contributed by atoms with E-state index in [1.165, 1.54) is 0 Å². The number of nitriles is 4. The average molecular weight is 310 g/mol. The predicted molar refractivity (Wildman–Crippen MR) is 75.8 cm³/mol. The Bertz CT molecular complexity index is 904. The van der Waals surface area contributed by atoms with Crippen molar-refractivity contribution in [3.63, 3.8) is 0 Å². The van der Waals surface area contributed by atoms with E-state index in [0.29, 0.717) is 22.8 Å². The van der Waals surface area contributed by atoms with E-state index < -0.39 is 0 Å². The predicted octanol–water partition coefficient (Wildman–Crippen LogP) is 1.12. The molecule has 2 aromatic heterocycles. The van der Waals surface area contributed by atoms with Crippen molar-refractivity contribution in [3.05, 3.63) is 45.6 Å². The van der Waals surface area contributed by atoms with Crippen molar-refractivity contribution in [3.8, 4) is 24.3 Å². The first-order valence-corrected chi connectivity index (χ1v) is 7.15. The van der Waals surface area contributed by atoms with Crippen LogP contribution in [0.2, 0.25) is 0 Å². The Labute approximate surface area is 136 Å². The minimum Gasteiger partial charge on any atom is -0.237 e. The fraction of sp³-hybridized carbons (Fsp3) is 0.250. The standard InChI is InChI=1S/C16H6N8/c17-3-9-11(5-19)23-15-8-2-1-7(13(15)21-9)14-16(8)24-12(6-20)10(4-18)22-14/h7-8H,1-2H2. The van der Waals surface area contributed by atoms with Gasteiger partial charge in [-0.2, -0.15) is 21.0 Å². The van der Waals surface area contributed by atoms with Crippen LogP contribution in [-0.4, -0.2) is 19.9 Å². The average Bonchev–Trinajstić information content (AvgIpc) is 2.65. The van der Waals surface area contributed by atoms with Crippen LogP contribution in [-0.2, 0) is 0 Å².